The Bertz CT molecular complexity index is 1370. The van der Waals surface area contributed by atoms with Gasteiger partial charge in [-0.15, -0.1) is 0 Å². The molecule has 2 heterocycles. The summed E-state index contributed by atoms with van der Waals surface area (Å²) in [6.45, 7) is 0.403. The van der Waals surface area contributed by atoms with Crippen molar-refractivity contribution in [1.82, 2.24) is 19.5 Å². The Morgan fingerprint density at radius 3 is 2.44 bits per heavy atom. The number of hydrogen-bond acceptors (Lipinski definition) is 8. The minimum absolute atomic E-state index is 0.0585. The fourth-order valence-corrected chi connectivity index (χ4v) is 4.99. The number of hydrogen-bond donors (Lipinski definition) is 1. The number of fused-ring (bicyclic) bond motifs is 1. The number of rotatable bonds is 8. The molecule has 12 heteroatoms. The number of aromatic nitrogens is 4. The second-order valence-electron chi connectivity index (χ2n) is 7.00. The molecule has 0 spiro atoms. The van der Waals surface area contributed by atoms with Crippen LogP contribution in [-0.2, 0) is 13.0 Å². The van der Waals surface area contributed by atoms with E-state index in [9.17, 15) is 4.39 Å². The molecule has 0 amide bonds. The summed E-state index contributed by atoms with van der Waals surface area (Å²) in [5.74, 6) is 1.05. The van der Waals surface area contributed by atoms with E-state index in [-0.39, 0.29) is 17.0 Å². The van der Waals surface area contributed by atoms with Crippen LogP contribution in [0.15, 0.2) is 40.4 Å². The standard InChI is InChI=1S/C22H20Cl2FN5O3S/c1-31-13-10-14(15(24)18(33-3)17(13)32-2)34-22-27-16-19(26)28-21(25)29-20(16)30(22)9-8-11-6-4-5-7-12(11)23/h4-7,10H,8-9H2,1-3H3,(H2,26,28,29). The van der Waals surface area contributed by atoms with Gasteiger partial charge in [-0.1, -0.05) is 41.4 Å². The van der Waals surface area contributed by atoms with Gasteiger partial charge in [0.25, 0.3) is 0 Å². The van der Waals surface area contributed by atoms with Gasteiger partial charge in [0.1, 0.15) is 5.02 Å². The molecule has 4 aromatic rings. The third-order valence-electron chi connectivity index (χ3n) is 5.06. The number of ether oxygens (including phenoxy) is 3. The molecule has 0 saturated heterocycles. The van der Waals surface area contributed by atoms with Crippen LogP contribution in [0.4, 0.5) is 10.2 Å². The van der Waals surface area contributed by atoms with Gasteiger partial charge in [0, 0.05) is 16.5 Å². The van der Waals surface area contributed by atoms with Gasteiger partial charge in [-0.25, -0.2) is 4.98 Å². The van der Waals surface area contributed by atoms with E-state index in [1.165, 1.54) is 33.1 Å². The van der Waals surface area contributed by atoms with Gasteiger partial charge in [0.2, 0.25) is 5.75 Å². The zero-order valence-electron chi connectivity index (χ0n) is 18.4. The van der Waals surface area contributed by atoms with Crippen molar-refractivity contribution in [3.63, 3.8) is 0 Å². The van der Waals surface area contributed by atoms with Crippen molar-refractivity contribution in [1.29, 1.82) is 0 Å². The Hall–Kier alpha value is -2.95. The third kappa shape index (κ3) is 4.53. The lowest BCUT2D eigenvalue weighted by molar-refractivity contribution is 0.323. The van der Waals surface area contributed by atoms with Crippen LogP contribution in [0.3, 0.4) is 0 Å². The zero-order valence-corrected chi connectivity index (χ0v) is 20.8. The zero-order chi connectivity index (χ0) is 24.4. The smallest absolute Gasteiger partial charge is 0.312 e. The fraction of sp³-hybridized carbons (Fsp3) is 0.227. The number of methoxy groups -OCH3 is 3. The molecule has 2 aromatic carbocycles. The van der Waals surface area contributed by atoms with E-state index in [2.05, 4.69) is 15.0 Å². The summed E-state index contributed by atoms with van der Waals surface area (Å²) in [5, 5.41) is 1.42. The summed E-state index contributed by atoms with van der Waals surface area (Å²) in [6.07, 6.45) is -0.390. The second kappa shape index (κ2) is 10.1. The molecular weight excluding hydrogens is 504 g/mol. The van der Waals surface area contributed by atoms with Gasteiger partial charge in [0.05, 0.1) is 21.3 Å². The highest BCUT2D eigenvalue weighted by Gasteiger charge is 2.23. The predicted molar refractivity (Wildman–Crippen MR) is 130 cm³/mol. The first kappa shape index (κ1) is 24.2. The summed E-state index contributed by atoms with van der Waals surface area (Å²) in [4.78, 5) is 12.7. The van der Waals surface area contributed by atoms with E-state index in [0.717, 1.165) is 5.56 Å². The monoisotopic (exact) mass is 523 g/mol. The van der Waals surface area contributed by atoms with Crippen LogP contribution in [0.2, 0.25) is 10.0 Å². The van der Waals surface area contributed by atoms with Crippen LogP contribution in [-0.4, -0.2) is 40.8 Å². The summed E-state index contributed by atoms with van der Waals surface area (Å²) in [6, 6.07) is 9.21. The Balaban J connectivity index is 1.82. The third-order valence-corrected chi connectivity index (χ3v) is 6.95. The summed E-state index contributed by atoms with van der Waals surface area (Å²) in [7, 11) is 4.49. The number of nitrogens with two attached hydrogens (primary N) is 1. The van der Waals surface area contributed by atoms with Crippen LogP contribution in [0.5, 0.6) is 17.2 Å². The molecule has 0 saturated carbocycles. The molecule has 0 radical (unpaired) electrons. The van der Waals surface area contributed by atoms with Crippen molar-refractivity contribution in [3.8, 4) is 17.2 Å². The Morgan fingerprint density at radius 2 is 1.76 bits per heavy atom. The predicted octanol–water partition coefficient (Wildman–Crippen LogP) is 5.27. The molecule has 4 rings (SSSR count). The molecule has 0 unspecified atom stereocenters. The molecule has 0 aliphatic rings. The highest BCUT2D eigenvalue weighted by atomic mass is 35.5. The molecule has 178 valence electrons. The number of imidazole rings is 1. The van der Waals surface area contributed by atoms with E-state index in [1.54, 1.807) is 10.6 Å². The van der Waals surface area contributed by atoms with Crippen LogP contribution in [0, 0.1) is 6.08 Å². The van der Waals surface area contributed by atoms with Gasteiger partial charge >= 0.3 is 6.08 Å². The normalized spacial score (nSPS) is 11.1. The van der Waals surface area contributed by atoms with Crippen LogP contribution in [0.1, 0.15) is 5.56 Å². The van der Waals surface area contributed by atoms with Gasteiger partial charge in [-0.3, -0.25) is 0 Å². The Labute approximate surface area is 209 Å². The number of benzene rings is 2. The summed E-state index contributed by atoms with van der Waals surface area (Å²) >= 11 is 14.2. The topological polar surface area (TPSA) is 97.3 Å². The van der Waals surface area contributed by atoms with Crippen molar-refractivity contribution in [2.24, 2.45) is 0 Å². The lowest BCUT2D eigenvalue weighted by Crippen LogP contribution is -2.06. The number of anilines is 1. The molecule has 0 aliphatic carbocycles. The maximum Gasteiger partial charge on any atom is 0.312 e. The maximum absolute atomic E-state index is 14.0. The number of nitrogen functional groups attached to an aromatic ring is 1. The van der Waals surface area contributed by atoms with Crippen molar-refractivity contribution in [2.45, 2.75) is 23.0 Å². The molecule has 34 heavy (non-hydrogen) atoms. The first-order valence-corrected chi connectivity index (χ1v) is 11.5. The molecule has 8 nitrogen and oxygen atoms in total. The van der Waals surface area contributed by atoms with Gasteiger partial charge in [-0.2, -0.15) is 14.4 Å². The van der Waals surface area contributed by atoms with Crippen LogP contribution >= 0.6 is 35.0 Å². The van der Waals surface area contributed by atoms with E-state index >= 15 is 0 Å². The SMILES string of the molecule is COc1cc(Sc2nc3c(N)nc(F)nc3n2CCc2ccccc2Cl)c(Cl)c(OC)c1OC. The van der Waals surface area contributed by atoms with Gasteiger partial charge in [-0.05, 0) is 35.9 Å². The Morgan fingerprint density at radius 1 is 1.03 bits per heavy atom. The number of aryl methyl sites for hydroxylation is 2. The first-order chi connectivity index (χ1) is 16.4. The summed E-state index contributed by atoms with van der Waals surface area (Å²) in [5.41, 5.74) is 7.42. The quantitative estimate of drug-likeness (QED) is 0.311. The van der Waals surface area contributed by atoms with E-state index in [4.69, 9.17) is 43.1 Å². The highest BCUT2D eigenvalue weighted by Crippen LogP contribution is 2.49. The Kier molecular flexibility index (Phi) is 7.20. The molecule has 0 fully saturated rings. The molecule has 2 N–H and O–H groups in total. The number of halogens is 3. The molecule has 0 bridgehead atoms. The van der Waals surface area contributed by atoms with Crippen LogP contribution < -0.4 is 19.9 Å². The van der Waals surface area contributed by atoms with Crippen molar-refractivity contribution in [3.05, 3.63) is 52.0 Å². The van der Waals surface area contributed by atoms with E-state index in [1.807, 2.05) is 24.3 Å². The van der Waals surface area contributed by atoms with Crippen molar-refractivity contribution < 1.29 is 18.6 Å². The van der Waals surface area contributed by atoms with E-state index in [0.29, 0.717) is 50.3 Å². The molecule has 0 atom stereocenters. The highest BCUT2D eigenvalue weighted by molar-refractivity contribution is 7.99. The second-order valence-corrected chi connectivity index (χ2v) is 8.79. The molecule has 0 aliphatic heterocycles. The fourth-order valence-electron chi connectivity index (χ4n) is 3.46. The lowest BCUT2D eigenvalue weighted by Gasteiger charge is -2.16. The largest absolute Gasteiger partial charge is 0.493 e. The van der Waals surface area contributed by atoms with Gasteiger partial charge < -0.3 is 24.5 Å². The van der Waals surface area contributed by atoms with Gasteiger partial charge in [0.15, 0.2) is 33.6 Å². The average Bonchev–Trinajstić information content (AvgIpc) is 3.16. The minimum Gasteiger partial charge on any atom is -0.493 e. The maximum atomic E-state index is 14.0. The van der Waals surface area contributed by atoms with Crippen LogP contribution in [0.25, 0.3) is 11.2 Å². The number of nitrogens with zero attached hydrogens (tertiary/aromatic N) is 4. The average molecular weight is 524 g/mol. The molecule has 2 aromatic heterocycles. The first-order valence-electron chi connectivity index (χ1n) is 9.96. The minimum atomic E-state index is -0.939. The lowest BCUT2D eigenvalue weighted by atomic mass is 10.1. The summed E-state index contributed by atoms with van der Waals surface area (Å²) < 4.78 is 32.1. The molecular formula is C22H20Cl2FN5O3S. The van der Waals surface area contributed by atoms with Crippen molar-refractivity contribution in [2.75, 3.05) is 27.1 Å². The van der Waals surface area contributed by atoms with E-state index < -0.39 is 6.08 Å². The van der Waals surface area contributed by atoms with Crippen molar-refractivity contribution >= 4 is 51.9 Å².